The highest BCUT2D eigenvalue weighted by Gasteiger charge is 2.29. The lowest BCUT2D eigenvalue weighted by Gasteiger charge is -2.32. The lowest BCUT2D eigenvalue weighted by atomic mass is 9.76. The molecule has 114 valence electrons. The standard InChI is InChI=1S/C15H26ClN3O/c1-3-11-5-4-6-12(9-11)14(17)15-13(16)10-18-19(15)7-8-20-2/h10-12,14H,3-9,17H2,1-2H3. The van der Waals surface area contributed by atoms with Crippen LogP contribution in [0.15, 0.2) is 6.20 Å². The minimum Gasteiger partial charge on any atom is -0.383 e. The first kappa shape index (κ1) is 15.8. The van der Waals surface area contributed by atoms with Gasteiger partial charge in [0.2, 0.25) is 0 Å². The summed E-state index contributed by atoms with van der Waals surface area (Å²) in [5.74, 6) is 1.33. The van der Waals surface area contributed by atoms with Crippen molar-refractivity contribution in [2.45, 2.75) is 51.6 Å². The predicted molar refractivity (Wildman–Crippen MR) is 81.8 cm³/mol. The van der Waals surface area contributed by atoms with Gasteiger partial charge in [0.05, 0.1) is 36.1 Å². The SMILES string of the molecule is CCC1CCCC(C(N)c2c(Cl)cnn2CCOC)C1. The van der Waals surface area contributed by atoms with Crippen LogP contribution in [0.4, 0.5) is 0 Å². The normalized spacial score (nSPS) is 24.8. The van der Waals surface area contributed by atoms with Crippen LogP contribution in [0.3, 0.4) is 0 Å². The Kier molecular flexibility index (Phi) is 5.87. The lowest BCUT2D eigenvalue weighted by molar-refractivity contribution is 0.178. The summed E-state index contributed by atoms with van der Waals surface area (Å²) in [6.45, 7) is 3.60. The number of hydrogen-bond donors (Lipinski definition) is 1. The quantitative estimate of drug-likeness (QED) is 0.876. The Morgan fingerprint density at radius 3 is 3.05 bits per heavy atom. The number of rotatable bonds is 6. The monoisotopic (exact) mass is 299 g/mol. The Labute approximate surface area is 126 Å². The molecule has 0 radical (unpaired) electrons. The van der Waals surface area contributed by atoms with E-state index < -0.39 is 0 Å². The van der Waals surface area contributed by atoms with E-state index in [4.69, 9.17) is 22.1 Å². The molecule has 3 atom stereocenters. The molecule has 0 saturated heterocycles. The van der Waals surface area contributed by atoms with E-state index in [1.54, 1.807) is 13.3 Å². The Hall–Kier alpha value is -0.580. The average molecular weight is 300 g/mol. The molecule has 1 aromatic rings. The second-order valence-electron chi connectivity index (χ2n) is 5.82. The Balaban J connectivity index is 2.11. The summed E-state index contributed by atoms with van der Waals surface area (Å²) >= 11 is 6.30. The van der Waals surface area contributed by atoms with Crippen LogP contribution in [0.25, 0.3) is 0 Å². The van der Waals surface area contributed by atoms with Crippen LogP contribution in [-0.4, -0.2) is 23.5 Å². The number of ether oxygens (including phenoxy) is 1. The minimum absolute atomic E-state index is 0.0174. The molecule has 1 heterocycles. The highest BCUT2D eigenvalue weighted by atomic mass is 35.5. The number of nitrogens with two attached hydrogens (primary N) is 1. The summed E-state index contributed by atoms with van der Waals surface area (Å²) < 4.78 is 7.03. The van der Waals surface area contributed by atoms with Crippen LogP contribution in [-0.2, 0) is 11.3 Å². The van der Waals surface area contributed by atoms with Gasteiger partial charge in [0.1, 0.15) is 0 Å². The van der Waals surface area contributed by atoms with Crippen LogP contribution in [0.2, 0.25) is 5.02 Å². The van der Waals surface area contributed by atoms with E-state index in [1.807, 2.05) is 4.68 Å². The van der Waals surface area contributed by atoms with Crippen LogP contribution < -0.4 is 5.73 Å². The lowest BCUT2D eigenvalue weighted by Crippen LogP contribution is -2.29. The maximum absolute atomic E-state index is 6.52. The third kappa shape index (κ3) is 3.54. The molecule has 2 rings (SSSR count). The molecule has 2 N–H and O–H groups in total. The number of halogens is 1. The van der Waals surface area contributed by atoms with E-state index in [1.165, 1.54) is 32.1 Å². The molecule has 1 aliphatic carbocycles. The van der Waals surface area contributed by atoms with E-state index in [-0.39, 0.29) is 6.04 Å². The van der Waals surface area contributed by atoms with Crippen LogP contribution in [0.1, 0.15) is 50.8 Å². The maximum Gasteiger partial charge on any atom is 0.0834 e. The molecule has 3 unspecified atom stereocenters. The number of hydrogen-bond acceptors (Lipinski definition) is 3. The van der Waals surface area contributed by atoms with Crippen LogP contribution in [0, 0.1) is 11.8 Å². The predicted octanol–water partition coefficient (Wildman–Crippen LogP) is 3.40. The molecule has 5 heteroatoms. The second-order valence-corrected chi connectivity index (χ2v) is 6.23. The van der Waals surface area contributed by atoms with Gasteiger partial charge in [-0.1, -0.05) is 37.8 Å². The topological polar surface area (TPSA) is 53.1 Å². The van der Waals surface area contributed by atoms with Gasteiger partial charge >= 0.3 is 0 Å². The van der Waals surface area contributed by atoms with Crippen molar-refractivity contribution in [3.05, 3.63) is 16.9 Å². The Morgan fingerprint density at radius 1 is 1.55 bits per heavy atom. The number of aromatic nitrogens is 2. The summed E-state index contributed by atoms with van der Waals surface area (Å²) in [6, 6.07) is -0.0174. The van der Waals surface area contributed by atoms with Crippen molar-refractivity contribution in [3.63, 3.8) is 0 Å². The first-order chi connectivity index (χ1) is 9.67. The third-order valence-electron chi connectivity index (χ3n) is 4.56. The van der Waals surface area contributed by atoms with Gasteiger partial charge in [0.25, 0.3) is 0 Å². The fourth-order valence-corrected chi connectivity index (χ4v) is 3.58. The van der Waals surface area contributed by atoms with E-state index in [0.29, 0.717) is 24.1 Å². The fourth-order valence-electron chi connectivity index (χ4n) is 3.31. The van der Waals surface area contributed by atoms with Gasteiger partial charge in [-0.25, -0.2) is 0 Å². The number of nitrogens with zero attached hydrogens (tertiary/aromatic N) is 2. The van der Waals surface area contributed by atoms with Crippen molar-refractivity contribution < 1.29 is 4.74 Å². The van der Waals surface area contributed by atoms with E-state index >= 15 is 0 Å². The molecule has 4 nitrogen and oxygen atoms in total. The van der Waals surface area contributed by atoms with E-state index in [9.17, 15) is 0 Å². The molecule has 0 spiro atoms. The third-order valence-corrected chi connectivity index (χ3v) is 4.86. The molecular weight excluding hydrogens is 274 g/mol. The van der Waals surface area contributed by atoms with E-state index in [0.717, 1.165) is 11.6 Å². The summed E-state index contributed by atoms with van der Waals surface area (Å²) in [7, 11) is 1.69. The zero-order valence-corrected chi connectivity index (χ0v) is 13.3. The highest BCUT2D eigenvalue weighted by Crippen LogP contribution is 2.38. The molecule has 0 aliphatic heterocycles. The van der Waals surface area contributed by atoms with Gasteiger partial charge in [-0.15, -0.1) is 0 Å². The molecular formula is C15H26ClN3O. The van der Waals surface area contributed by atoms with Gasteiger partial charge in [0.15, 0.2) is 0 Å². The smallest absolute Gasteiger partial charge is 0.0834 e. The molecule has 1 saturated carbocycles. The Bertz CT molecular complexity index is 421. The summed E-state index contributed by atoms with van der Waals surface area (Å²) in [4.78, 5) is 0. The first-order valence-electron chi connectivity index (χ1n) is 7.63. The first-order valence-corrected chi connectivity index (χ1v) is 8.00. The zero-order valence-electron chi connectivity index (χ0n) is 12.5. The molecule has 0 amide bonds. The van der Waals surface area contributed by atoms with Crippen molar-refractivity contribution in [3.8, 4) is 0 Å². The van der Waals surface area contributed by atoms with E-state index in [2.05, 4.69) is 12.0 Å². The second kappa shape index (κ2) is 7.43. The Morgan fingerprint density at radius 2 is 2.35 bits per heavy atom. The van der Waals surface area contributed by atoms with Crippen molar-refractivity contribution in [2.24, 2.45) is 17.6 Å². The maximum atomic E-state index is 6.52. The fraction of sp³-hybridized carbons (Fsp3) is 0.800. The summed E-state index contributed by atoms with van der Waals surface area (Å²) in [5, 5.41) is 5.02. The zero-order chi connectivity index (χ0) is 14.5. The number of methoxy groups -OCH3 is 1. The molecule has 1 aliphatic rings. The molecule has 20 heavy (non-hydrogen) atoms. The average Bonchev–Trinajstić information content (AvgIpc) is 2.85. The molecule has 1 aromatic heterocycles. The van der Waals surface area contributed by atoms with Gasteiger partial charge in [-0.05, 0) is 24.7 Å². The summed E-state index contributed by atoms with van der Waals surface area (Å²) in [5.41, 5.74) is 7.50. The van der Waals surface area contributed by atoms with Gasteiger partial charge < -0.3 is 10.5 Å². The molecule has 1 fully saturated rings. The largest absolute Gasteiger partial charge is 0.383 e. The molecule has 0 bridgehead atoms. The van der Waals surface area contributed by atoms with Gasteiger partial charge in [0, 0.05) is 7.11 Å². The summed E-state index contributed by atoms with van der Waals surface area (Å²) in [6.07, 6.45) is 7.98. The van der Waals surface area contributed by atoms with Crippen LogP contribution in [0.5, 0.6) is 0 Å². The van der Waals surface area contributed by atoms with Crippen molar-refractivity contribution in [1.29, 1.82) is 0 Å². The van der Waals surface area contributed by atoms with Crippen molar-refractivity contribution in [1.82, 2.24) is 9.78 Å². The van der Waals surface area contributed by atoms with Gasteiger partial charge in [-0.3, -0.25) is 4.68 Å². The van der Waals surface area contributed by atoms with Crippen molar-refractivity contribution >= 4 is 11.6 Å². The molecule has 0 aromatic carbocycles. The highest BCUT2D eigenvalue weighted by molar-refractivity contribution is 6.31. The van der Waals surface area contributed by atoms with Crippen molar-refractivity contribution in [2.75, 3.05) is 13.7 Å². The van der Waals surface area contributed by atoms with Crippen LogP contribution >= 0.6 is 11.6 Å². The van der Waals surface area contributed by atoms with Gasteiger partial charge in [-0.2, -0.15) is 5.10 Å². The minimum atomic E-state index is -0.0174.